The van der Waals surface area contributed by atoms with Crippen molar-refractivity contribution in [2.24, 2.45) is 0 Å². The normalized spacial score (nSPS) is 40.0. The number of quaternary nitrogens is 9. The molecule has 0 saturated carbocycles. The molecule has 16 nitrogen and oxygen atoms in total. The van der Waals surface area contributed by atoms with Crippen LogP contribution in [0.25, 0.3) is 10.6 Å². The van der Waals surface area contributed by atoms with Gasteiger partial charge in [-0.05, 0) is 446 Å². The Hall–Kier alpha value is -2.20. The van der Waals surface area contributed by atoms with Crippen molar-refractivity contribution < 1.29 is 40.3 Å². The van der Waals surface area contributed by atoms with Crippen molar-refractivity contribution in [1.82, 2.24) is 25.3 Å². The third-order valence-electron chi connectivity index (χ3n) is 57.2. The largest absolute Gasteiger partial charge is 0.649 e. The van der Waals surface area contributed by atoms with E-state index in [9.17, 15) is 0 Å². The third kappa shape index (κ3) is 14.0. The first-order valence-corrected chi connectivity index (χ1v) is 57.4. The van der Waals surface area contributed by atoms with Crippen LogP contribution in [0, 0.1) is 0 Å². The molecule has 0 aliphatic carbocycles. The van der Waals surface area contributed by atoms with E-state index in [0.717, 1.165) is 90.8 Å². The number of hydrogen-bond acceptors (Lipinski definition) is 5. The van der Waals surface area contributed by atoms with Gasteiger partial charge < -0.3 is 10.6 Å². The van der Waals surface area contributed by atoms with Crippen molar-refractivity contribution in [3.8, 4) is 0 Å². The monoisotopic (exact) mass is 2030 g/mol. The van der Waals surface area contributed by atoms with E-state index >= 15 is 0 Å². The Labute approximate surface area is 905 Å². The van der Waals surface area contributed by atoms with E-state index in [2.05, 4.69) is 592 Å². The molecule has 145 heavy (non-hydrogen) atoms. The lowest BCUT2D eigenvalue weighted by atomic mass is 9.64. The van der Waals surface area contributed by atoms with E-state index in [0.29, 0.717) is 12.6 Å². The second kappa shape index (κ2) is 33.5. The minimum atomic E-state index is -0.372. The number of hydrogen-bond donors (Lipinski definition) is 2. The lowest BCUT2D eigenvalue weighted by molar-refractivity contribution is -1.27. The van der Waals surface area contributed by atoms with Gasteiger partial charge in [0.15, 0.2) is 66.5 Å². The van der Waals surface area contributed by atoms with Crippen LogP contribution in [0.5, 0.6) is 0 Å². The molecule has 846 valence electrons. The second-order valence-corrected chi connectivity index (χ2v) is 68.7. The van der Waals surface area contributed by atoms with Crippen molar-refractivity contribution in [2.75, 3.05) is 81.6 Å². The first kappa shape index (κ1) is 130. The molecule has 0 amide bonds. The Balaban J connectivity index is 0.000000264. The maximum Gasteiger partial charge on any atom is 0.347 e. The van der Waals surface area contributed by atoms with Gasteiger partial charge in [-0.3, -0.25) is 25.3 Å². The van der Waals surface area contributed by atoms with Crippen molar-refractivity contribution in [1.29, 1.82) is 0 Å². The Morgan fingerprint density at radius 3 is 0.503 bits per heavy atom. The molecule has 6 unspecified atom stereocenters. The molecule has 0 bridgehead atoms. The molecule has 10 saturated heterocycles. The summed E-state index contributed by atoms with van der Waals surface area (Å²) < 4.78 is 9.11. The van der Waals surface area contributed by atoms with Crippen LogP contribution in [0.4, 0.5) is 0 Å². The Bertz CT molecular complexity index is 4630. The molecule has 10 heterocycles. The van der Waals surface area contributed by atoms with Crippen LogP contribution in [0.3, 0.4) is 0 Å². The molecule has 2 N–H and O–H groups in total. The molecule has 10 rings (SSSR count). The highest BCUT2D eigenvalue weighted by Gasteiger charge is 3.02. The molecule has 0 spiro atoms. The standard InChI is InChI=1S/C37H71N4.C36H69N4.C28H59N4.C28H58N4/c1-26(2)23-39-29-40(24-27(3)4,33(13,14)31(9,10)38-30(7,8)32(39,11)12)35(17,18)37(21,22)41(29,25-28(5)6)36(19,20)34(39,15)16;1-26(2)23-38-31(11,12)29(7,8)37-30(9,10)32(13,14)39(24-27(3)4)34(17,18)36(21,22)40(25-28(5)6)35(19,20)33(38,15)16;2*1-21(2)23(5,6)30(17)20-31(18,24(7,8)22(3,4)29-21)26(11,12)28(15,16)32(20,19)27(13,14)25(30,9)10/h29,38H,1,3,5,23-25H2,2,4,6-22H3;1,3,5,23-25H2,2,4,6-22H3;20,29H,1-19H3;20H,1-19H3/q+3;-1;+3;+2/t29?,39-,40+,41?;;2*20?,30-,31+,32?. The topological polar surface area (TPSA) is 62.0 Å². The third-order valence-corrected chi connectivity index (χ3v) is 57.2. The molecular weight excluding hydrogens is 1770 g/mol. The maximum absolute atomic E-state index is 5.82. The summed E-state index contributed by atoms with van der Waals surface area (Å²) in [7, 11) is 15.6. The van der Waals surface area contributed by atoms with E-state index in [1.807, 2.05) is 0 Å². The lowest BCUT2D eigenvalue weighted by Gasteiger charge is -2.74. The second-order valence-electron chi connectivity index (χ2n) is 68.7. The summed E-state index contributed by atoms with van der Waals surface area (Å²) >= 11 is 0. The number of nitrogens with zero attached hydrogens (tertiary/aromatic N) is 14. The molecule has 12 atom stereocenters. The molecule has 16 heteroatoms. The van der Waals surface area contributed by atoms with Crippen molar-refractivity contribution in [3.05, 3.63) is 83.5 Å². The van der Waals surface area contributed by atoms with Gasteiger partial charge in [0.05, 0.1) is 75.5 Å². The zero-order chi connectivity index (χ0) is 116. The van der Waals surface area contributed by atoms with Crippen LogP contribution in [-0.2, 0) is 0 Å². The predicted octanol–water partition coefficient (Wildman–Crippen LogP) is 29.3. The van der Waals surface area contributed by atoms with E-state index in [-0.39, 0.29) is 184 Å². The van der Waals surface area contributed by atoms with Crippen molar-refractivity contribution in [2.45, 2.75) is 681 Å². The number of nitrogens with one attached hydrogen (secondary N) is 2. The van der Waals surface area contributed by atoms with Gasteiger partial charge in [0, 0.05) is 52.9 Å². The lowest BCUT2D eigenvalue weighted by Crippen LogP contribution is -2.94. The van der Waals surface area contributed by atoms with Gasteiger partial charge in [0.25, 0.3) is 0 Å². The van der Waals surface area contributed by atoms with Gasteiger partial charge in [0.1, 0.15) is 41.8 Å². The molecule has 0 aromatic heterocycles. The SMILES string of the molecule is C=C(C)CN1C(C)(C)C(C)(C)[N-]C(C)(C)C(C)(C)N(CC(=C)C)C(C)(C)C(C)(C)N(CC(=C)C)C(C)(C)C1(C)C.C=C(C)C[N+]12C3[N@@+](CC(=C)C)(C(C)(C)C(C)(C)NC(C)(C)C(C)(C)[N@+]3(CC(=C)C)C(C)(C)C1(C)C)C(C)(C)C2(C)C.CC1(C)NC(C)(C)C(C)(C)[N@@+]2(C)C3[N+](C)(C(C)(C)C(C)(C)[N@+]3(C)C1(C)C)C(C)(C)C2(C)C.CC1(C)[N-]C(C)(C)C(C)(C)[N@@+]2(C)C3[N+](C)(C(C)(C)C(C)(C)[N@+]3(C)C1(C)C)C(C)(C)C2(C)C. The number of rotatable bonds is 12. The van der Waals surface area contributed by atoms with Crippen LogP contribution >= 0.6 is 0 Å². The van der Waals surface area contributed by atoms with E-state index in [4.69, 9.17) is 10.6 Å². The molecule has 0 radical (unpaired) electrons. The molecule has 0 aromatic rings. The Morgan fingerprint density at radius 2 is 0.331 bits per heavy atom. The molecule has 10 fully saturated rings. The summed E-state index contributed by atoms with van der Waals surface area (Å²) in [5.74, 6) is 0. The van der Waals surface area contributed by atoms with Gasteiger partial charge in [-0.1, -0.05) is 123 Å². The predicted molar refractivity (Wildman–Crippen MR) is 636 cm³/mol. The first-order chi connectivity index (χ1) is 62.3. The highest BCUT2D eigenvalue weighted by molar-refractivity contribution is 5.34. The van der Waals surface area contributed by atoms with E-state index < -0.39 is 0 Å². The zero-order valence-corrected chi connectivity index (χ0v) is 112. The summed E-state index contributed by atoms with van der Waals surface area (Å²) in [6.45, 7) is 206. The van der Waals surface area contributed by atoms with Gasteiger partial charge in [-0.25, -0.2) is 40.3 Å². The van der Waals surface area contributed by atoms with Crippen molar-refractivity contribution >= 4 is 0 Å². The average molecular weight is 2030 g/mol. The summed E-state index contributed by atoms with van der Waals surface area (Å²) in [5, 5.41) is 20.2. The molecule has 10 aliphatic rings. The zero-order valence-electron chi connectivity index (χ0n) is 112. The van der Waals surface area contributed by atoms with Crippen LogP contribution in [0.2, 0.25) is 0 Å². The number of likely N-dealkylation sites (N-methyl/N-ethyl adjacent to an activating group) is 6. The van der Waals surface area contributed by atoms with Gasteiger partial charge in [-0.15, -0.1) is 11.1 Å². The van der Waals surface area contributed by atoms with Gasteiger partial charge >= 0.3 is 18.9 Å². The molecule has 10 aliphatic heterocycles. The Kier molecular flexibility index (Phi) is 29.9. The quantitative estimate of drug-likeness (QED) is 0.151. The van der Waals surface area contributed by atoms with Gasteiger partial charge in [-0.2, -0.15) is 0 Å². The fraction of sp³-hybridized carbons (Fsp3) is 0.907. The molecule has 0 aromatic carbocycles. The minimum Gasteiger partial charge on any atom is -0.649 e. The van der Waals surface area contributed by atoms with Gasteiger partial charge in [0.2, 0.25) is 0 Å². The summed E-state index contributed by atoms with van der Waals surface area (Å²) in [6, 6.07) is 0. The highest BCUT2D eigenvalue weighted by atomic mass is 15.9. The fourth-order valence-corrected chi connectivity index (χ4v) is 38.0. The summed E-state index contributed by atoms with van der Waals surface area (Å²) in [4.78, 5) is 8.12. The summed E-state index contributed by atoms with van der Waals surface area (Å²) in [6.07, 6.45) is 1.00. The summed E-state index contributed by atoms with van der Waals surface area (Å²) in [5.41, 5.74) is 3.58. The maximum atomic E-state index is 5.82. The first-order valence-electron chi connectivity index (χ1n) is 57.4. The van der Waals surface area contributed by atoms with E-state index in [1.165, 1.54) is 22.3 Å². The minimum absolute atomic E-state index is 0.0156. The smallest absolute Gasteiger partial charge is 0.347 e. The van der Waals surface area contributed by atoms with Crippen LogP contribution < -0.4 is 10.6 Å². The van der Waals surface area contributed by atoms with Crippen LogP contribution in [0.15, 0.2) is 72.9 Å². The average Bonchev–Trinajstić information content (AvgIpc) is 1.42. The van der Waals surface area contributed by atoms with Crippen LogP contribution in [-0.4, -0.2) is 333 Å². The van der Waals surface area contributed by atoms with E-state index in [1.54, 1.807) is 0 Å². The fourth-order valence-electron chi connectivity index (χ4n) is 38.0. The van der Waals surface area contributed by atoms with Crippen LogP contribution in [0.1, 0.15) is 485 Å². The Morgan fingerprint density at radius 1 is 0.186 bits per heavy atom. The molecular formula is C129H257N16+7. The highest BCUT2D eigenvalue weighted by Crippen LogP contribution is 2.79. The van der Waals surface area contributed by atoms with Crippen molar-refractivity contribution in [3.63, 3.8) is 0 Å².